The van der Waals surface area contributed by atoms with Crippen molar-refractivity contribution in [1.82, 2.24) is 8.87 Å². The number of aryl methyl sites for hydroxylation is 1. The van der Waals surface area contributed by atoms with Gasteiger partial charge in [-0.2, -0.15) is 4.31 Å². The van der Waals surface area contributed by atoms with E-state index in [2.05, 4.69) is 0 Å². The number of ether oxygens (including phenoxy) is 2. The van der Waals surface area contributed by atoms with Gasteiger partial charge in [-0.05, 0) is 6.07 Å². The van der Waals surface area contributed by atoms with E-state index in [0.717, 1.165) is 0 Å². The fraction of sp³-hybridized carbons (Fsp3) is 0.615. The van der Waals surface area contributed by atoms with Crippen molar-refractivity contribution in [3.8, 4) is 0 Å². The highest BCUT2D eigenvalue weighted by molar-refractivity contribution is 7.89. The Balaban J connectivity index is 1.89. The van der Waals surface area contributed by atoms with Gasteiger partial charge >= 0.3 is 0 Å². The number of carbonyl (C=O) groups is 1. The lowest BCUT2D eigenvalue weighted by molar-refractivity contribution is -0.0897. The maximum Gasteiger partial charge on any atom is 0.265 e. The van der Waals surface area contributed by atoms with Gasteiger partial charge in [0.2, 0.25) is 10.0 Å². The lowest BCUT2D eigenvalue weighted by Crippen LogP contribution is -2.53. The van der Waals surface area contributed by atoms with Crippen LogP contribution in [0.1, 0.15) is 16.9 Å². The molecule has 1 aromatic rings. The molecule has 3 rings (SSSR count). The summed E-state index contributed by atoms with van der Waals surface area (Å²) in [6.45, 7) is 1.85. The summed E-state index contributed by atoms with van der Waals surface area (Å²) in [7, 11) is -2.10. The lowest BCUT2D eigenvalue weighted by Gasteiger charge is -2.38. The zero-order valence-corrected chi connectivity index (χ0v) is 13.1. The highest BCUT2D eigenvalue weighted by Crippen LogP contribution is 2.30. The molecular formula is C13H19N3O5S. The van der Waals surface area contributed by atoms with Crippen LogP contribution in [-0.2, 0) is 26.5 Å². The summed E-state index contributed by atoms with van der Waals surface area (Å²) < 4.78 is 39.5. The Morgan fingerprint density at radius 1 is 1.41 bits per heavy atom. The van der Waals surface area contributed by atoms with Gasteiger partial charge in [-0.1, -0.05) is 0 Å². The van der Waals surface area contributed by atoms with E-state index in [4.69, 9.17) is 15.2 Å². The fourth-order valence-corrected chi connectivity index (χ4v) is 4.48. The van der Waals surface area contributed by atoms with Crippen LogP contribution in [0, 0.1) is 0 Å². The van der Waals surface area contributed by atoms with Crippen molar-refractivity contribution < 1.29 is 22.7 Å². The molecule has 1 unspecified atom stereocenters. The van der Waals surface area contributed by atoms with E-state index >= 15 is 0 Å². The third kappa shape index (κ3) is 2.54. The van der Waals surface area contributed by atoms with E-state index < -0.39 is 21.5 Å². The molecule has 2 fully saturated rings. The first-order valence-electron chi connectivity index (χ1n) is 7.02. The topological polar surface area (TPSA) is 104 Å². The second-order valence-corrected chi connectivity index (χ2v) is 7.65. The monoisotopic (exact) mass is 329 g/mol. The number of hydrogen-bond acceptors (Lipinski definition) is 5. The van der Waals surface area contributed by atoms with Gasteiger partial charge in [0.25, 0.3) is 5.91 Å². The van der Waals surface area contributed by atoms with Crippen molar-refractivity contribution in [3.05, 3.63) is 18.0 Å². The molecule has 1 amide bonds. The third-order valence-corrected chi connectivity index (χ3v) is 5.96. The molecular weight excluding hydrogens is 310 g/mol. The van der Waals surface area contributed by atoms with Gasteiger partial charge in [0.1, 0.15) is 16.2 Å². The van der Waals surface area contributed by atoms with Gasteiger partial charge in [0.05, 0.1) is 13.2 Å². The van der Waals surface area contributed by atoms with Gasteiger partial charge in [0, 0.05) is 39.4 Å². The number of sulfonamides is 1. The number of nitrogens with two attached hydrogens (primary N) is 1. The third-order valence-electron chi connectivity index (χ3n) is 4.15. The minimum atomic E-state index is -3.69. The number of nitrogens with zero attached hydrogens (tertiary/aromatic N) is 2. The average Bonchev–Trinajstić information content (AvgIpc) is 3.06. The molecule has 0 aromatic carbocycles. The summed E-state index contributed by atoms with van der Waals surface area (Å²) in [5.74, 6) is -0.661. The Labute approximate surface area is 128 Å². The largest absolute Gasteiger partial charge is 0.378 e. The number of aromatic nitrogens is 1. The molecule has 1 atom stereocenters. The maximum atomic E-state index is 12.8. The van der Waals surface area contributed by atoms with Crippen LogP contribution in [0.4, 0.5) is 0 Å². The first-order valence-corrected chi connectivity index (χ1v) is 8.46. The summed E-state index contributed by atoms with van der Waals surface area (Å²) in [5.41, 5.74) is 4.85. The molecule has 1 spiro atoms. The summed E-state index contributed by atoms with van der Waals surface area (Å²) in [6, 6.07) is 1.31. The highest BCUT2D eigenvalue weighted by atomic mass is 32.2. The van der Waals surface area contributed by atoms with E-state index in [9.17, 15) is 13.2 Å². The molecule has 1 aromatic heterocycles. The normalized spacial score (nSPS) is 26.6. The van der Waals surface area contributed by atoms with Gasteiger partial charge in [-0.15, -0.1) is 0 Å². The number of morpholine rings is 1. The predicted molar refractivity (Wildman–Crippen MR) is 76.8 cm³/mol. The van der Waals surface area contributed by atoms with E-state index in [0.29, 0.717) is 26.2 Å². The SMILES string of the molecule is Cn1cc(S(=O)(=O)N2CCOC3(CCOC3)C2)cc1C(N)=O. The van der Waals surface area contributed by atoms with Crippen LogP contribution < -0.4 is 5.73 Å². The average molecular weight is 329 g/mol. The van der Waals surface area contributed by atoms with E-state index in [1.165, 1.54) is 21.1 Å². The Morgan fingerprint density at radius 3 is 2.77 bits per heavy atom. The van der Waals surface area contributed by atoms with Crippen molar-refractivity contribution in [2.75, 3.05) is 32.9 Å². The Bertz CT molecular complexity index is 691. The number of amides is 1. The minimum absolute atomic E-state index is 0.0692. The summed E-state index contributed by atoms with van der Waals surface area (Å²) >= 11 is 0. The van der Waals surface area contributed by atoms with E-state index in [-0.39, 0.29) is 23.7 Å². The van der Waals surface area contributed by atoms with Crippen molar-refractivity contribution in [1.29, 1.82) is 0 Å². The van der Waals surface area contributed by atoms with Gasteiger partial charge in [-0.25, -0.2) is 8.42 Å². The first-order chi connectivity index (χ1) is 10.3. The fourth-order valence-electron chi connectivity index (χ4n) is 2.91. The summed E-state index contributed by atoms with van der Waals surface area (Å²) in [4.78, 5) is 11.4. The Hall–Kier alpha value is -1.42. The number of rotatable bonds is 3. The molecule has 122 valence electrons. The standard InChI is InChI=1S/C13H19N3O5S/c1-15-7-10(6-11(15)12(14)17)22(18,19)16-3-5-21-13(8-16)2-4-20-9-13/h6-7H,2-5,8-9H2,1H3,(H2,14,17). The Kier molecular flexibility index (Phi) is 3.76. The van der Waals surface area contributed by atoms with Gasteiger partial charge < -0.3 is 19.8 Å². The van der Waals surface area contributed by atoms with Crippen LogP contribution in [0.2, 0.25) is 0 Å². The van der Waals surface area contributed by atoms with Crippen LogP contribution in [-0.4, -0.2) is 61.7 Å². The van der Waals surface area contributed by atoms with Gasteiger partial charge in [-0.3, -0.25) is 4.79 Å². The molecule has 8 nitrogen and oxygen atoms in total. The van der Waals surface area contributed by atoms with Crippen LogP contribution >= 0.6 is 0 Å². The van der Waals surface area contributed by atoms with Crippen LogP contribution in [0.3, 0.4) is 0 Å². The second-order valence-electron chi connectivity index (χ2n) is 5.71. The van der Waals surface area contributed by atoms with Gasteiger partial charge in [0.15, 0.2) is 0 Å². The number of primary amides is 1. The first kappa shape index (κ1) is 15.5. The molecule has 0 aliphatic carbocycles. The van der Waals surface area contributed by atoms with Crippen molar-refractivity contribution in [3.63, 3.8) is 0 Å². The minimum Gasteiger partial charge on any atom is -0.378 e. The molecule has 22 heavy (non-hydrogen) atoms. The van der Waals surface area contributed by atoms with Crippen LogP contribution in [0.15, 0.2) is 17.2 Å². The molecule has 2 saturated heterocycles. The molecule has 2 aliphatic heterocycles. The molecule has 9 heteroatoms. The quantitative estimate of drug-likeness (QED) is 0.790. The van der Waals surface area contributed by atoms with Crippen molar-refractivity contribution in [2.45, 2.75) is 16.9 Å². The van der Waals surface area contributed by atoms with Crippen molar-refractivity contribution in [2.24, 2.45) is 12.8 Å². The Morgan fingerprint density at radius 2 is 2.18 bits per heavy atom. The molecule has 2 aliphatic rings. The van der Waals surface area contributed by atoms with Crippen LogP contribution in [0.25, 0.3) is 0 Å². The highest BCUT2D eigenvalue weighted by Gasteiger charge is 2.44. The van der Waals surface area contributed by atoms with E-state index in [1.54, 1.807) is 7.05 Å². The summed E-state index contributed by atoms with van der Waals surface area (Å²) in [6.07, 6.45) is 2.09. The number of carbonyl (C=O) groups excluding carboxylic acids is 1. The van der Waals surface area contributed by atoms with E-state index in [1.807, 2.05) is 0 Å². The molecule has 0 radical (unpaired) electrons. The molecule has 0 bridgehead atoms. The van der Waals surface area contributed by atoms with Crippen LogP contribution in [0.5, 0.6) is 0 Å². The molecule has 0 saturated carbocycles. The van der Waals surface area contributed by atoms with Crippen molar-refractivity contribution >= 4 is 15.9 Å². The zero-order valence-electron chi connectivity index (χ0n) is 12.3. The molecule has 2 N–H and O–H groups in total. The lowest BCUT2D eigenvalue weighted by atomic mass is 10.0. The predicted octanol–water partition coefficient (Wildman–Crippen LogP) is -0.696. The second kappa shape index (κ2) is 5.34. The number of hydrogen-bond donors (Lipinski definition) is 1. The maximum absolute atomic E-state index is 12.8. The smallest absolute Gasteiger partial charge is 0.265 e. The molecule has 3 heterocycles. The zero-order chi connectivity index (χ0) is 16.0. The summed E-state index contributed by atoms with van der Waals surface area (Å²) in [5, 5.41) is 0.